The Hall–Kier alpha value is -1.66. The Labute approximate surface area is 111 Å². The molecule has 1 aliphatic rings. The van der Waals surface area contributed by atoms with Gasteiger partial charge >= 0.3 is 5.69 Å². The van der Waals surface area contributed by atoms with E-state index in [4.69, 9.17) is 9.57 Å². The molecule has 0 unspecified atom stereocenters. The second-order valence-electron chi connectivity index (χ2n) is 4.61. The zero-order chi connectivity index (χ0) is 13.7. The van der Waals surface area contributed by atoms with E-state index in [9.17, 15) is 10.1 Å². The monoisotopic (exact) mass is 266 g/mol. The molecule has 0 aromatic heterocycles. The Morgan fingerprint density at radius 3 is 2.79 bits per heavy atom. The first-order chi connectivity index (χ1) is 9.20. The van der Waals surface area contributed by atoms with Crippen LogP contribution >= 0.6 is 0 Å². The van der Waals surface area contributed by atoms with E-state index in [0.717, 1.165) is 18.4 Å². The molecule has 0 amide bonds. The highest BCUT2D eigenvalue weighted by Crippen LogP contribution is 2.27. The van der Waals surface area contributed by atoms with Gasteiger partial charge in [0.1, 0.15) is 0 Å². The fourth-order valence-corrected chi connectivity index (χ4v) is 2.24. The van der Waals surface area contributed by atoms with E-state index in [1.54, 1.807) is 12.1 Å². The van der Waals surface area contributed by atoms with Crippen molar-refractivity contribution in [2.45, 2.75) is 38.3 Å². The quantitative estimate of drug-likeness (QED) is 0.632. The zero-order valence-electron chi connectivity index (χ0n) is 10.9. The predicted molar refractivity (Wildman–Crippen MR) is 69.8 cm³/mol. The molecule has 1 aromatic rings. The lowest BCUT2D eigenvalue weighted by Crippen LogP contribution is -2.21. The second-order valence-corrected chi connectivity index (χ2v) is 4.61. The third-order valence-corrected chi connectivity index (χ3v) is 3.27. The van der Waals surface area contributed by atoms with Crippen molar-refractivity contribution >= 4 is 5.69 Å². The molecule has 0 atom stereocenters. The molecule has 6 nitrogen and oxygen atoms in total. The van der Waals surface area contributed by atoms with E-state index >= 15 is 0 Å². The fourth-order valence-electron chi connectivity index (χ4n) is 2.24. The van der Waals surface area contributed by atoms with E-state index < -0.39 is 4.92 Å². The maximum absolute atomic E-state index is 10.9. The summed E-state index contributed by atoms with van der Waals surface area (Å²) < 4.78 is 4.95. The van der Waals surface area contributed by atoms with Gasteiger partial charge in [-0.05, 0) is 24.5 Å². The van der Waals surface area contributed by atoms with E-state index in [2.05, 4.69) is 5.48 Å². The van der Waals surface area contributed by atoms with Gasteiger partial charge in [0, 0.05) is 12.6 Å². The minimum Gasteiger partial charge on any atom is -0.490 e. The van der Waals surface area contributed by atoms with E-state index in [1.165, 1.54) is 26.0 Å². The normalized spacial score (nSPS) is 15.6. The standard InChI is InChI=1S/C13H18N2O4/c1-18-13-7-6-10(8-12(13)15(16)17)9-14-19-11-4-2-3-5-11/h6-8,11,14H,2-5,9H2,1H3. The molecule has 1 fully saturated rings. The van der Waals surface area contributed by atoms with Gasteiger partial charge in [-0.15, -0.1) is 0 Å². The third-order valence-electron chi connectivity index (χ3n) is 3.27. The van der Waals surface area contributed by atoms with Gasteiger partial charge in [-0.1, -0.05) is 18.9 Å². The van der Waals surface area contributed by atoms with Gasteiger partial charge in [-0.3, -0.25) is 15.0 Å². The molecule has 1 aliphatic carbocycles. The fraction of sp³-hybridized carbons (Fsp3) is 0.538. The van der Waals surface area contributed by atoms with Crippen LogP contribution in [0.5, 0.6) is 5.75 Å². The first-order valence-electron chi connectivity index (χ1n) is 6.40. The van der Waals surface area contributed by atoms with Crippen molar-refractivity contribution < 1.29 is 14.5 Å². The molecule has 0 aliphatic heterocycles. The van der Waals surface area contributed by atoms with Crippen LogP contribution in [0.25, 0.3) is 0 Å². The van der Waals surface area contributed by atoms with Gasteiger partial charge in [-0.25, -0.2) is 0 Å². The number of hydrogen-bond acceptors (Lipinski definition) is 5. The highest BCUT2D eigenvalue weighted by atomic mass is 16.7. The summed E-state index contributed by atoms with van der Waals surface area (Å²) >= 11 is 0. The highest BCUT2D eigenvalue weighted by Gasteiger charge is 2.17. The van der Waals surface area contributed by atoms with E-state index in [1.807, 2.05) is 0 Å². The van der Waals surface area contributed by atoms with Crippen LogP contribution in [-0.4, -0.2) is 18.1 Å². The molecule has 2 rings (SSSR count). The number of nitrogens with zero attached hydrogens (tertiary/aromatic N) is 1. The largest absolute Gasteiger partial charge is 0.490 e. The predicted octanol–water partition coefficient (Wildman–Crippen LogP) is 2.57. The van der Waals surface area contributed by atoms with Gasteiger partial charge in [0.2, 0.25) is 0 Å². The van der Waals surface area contributed by atoms with E-state index in [-0.39, 0.29) is 17.5 Å². The maximum atomic E-state index is 10.9. The van der Waals surface area contributed by atoms with Crippen LogP contribution in [0.3, 0.4) is 0 Å². The molecule has 0 bridgehead atoms. The number of hydrogen-bond donors (Lipinski definition) is 1. The average molecular weight is 266 g/mol. The van der Waals surface area contributed by atoms with Crippen LogP contribution in [0, 0.1) is 10.1 Å². The van der Waals surface area contributed by atoms with Crippen molar-refractivity contribution in [2.75, 3.05) is 7.11 Å². The first-order valence-corrected chi connectivity index (χ1v) is 6.40. The lowest BCUT2D eigenvalue weighted by atomic mass is 10.2. The number of ether oxygens (including phenoxy) is 1. The molecule has 104 valence electrons. The van der Waals surface area contributed by atoms with Gasteiger partial charge < -0.3 is 4.74 Å². The minimum absolute atomic E-state index is 0.0253. The number of nitro benzene ring substituents is 1. The summed E-state index contributed by atoms with van der Waals surface area (Å²) in [5.74, 6) is 0.269. The summed E-state index contributed by atoms with van der Waals surface area (Å²) in [4.78, 5) is 16.0. The van der Waals surface area contributed by atoms with Gasteiger partial charge in [0.05, 0.1) is 18.1 Å². The molecule has 6 heteroatoms. The van der Waals surface area contributed by atoms with Crippen molar-refractivity contribution in [3.8, 4) is 5.75 Å². The smallest absolute Gasteiger partial charge is 0.311 e. The van der Waals surface area contributed by atoms with Gasteiger partial charge in [0.15, 0.2) is 5.75 Å². The number of rotatable bonds is 6. The topological polar surface area (TPSA) is 73.6 Å². The van der Waals surface area contributed by atoms with Crippen LogP contribution in [-0.2, 0) is 11.4 Å². The van der Waals surface area contributed by atoms with Crippen LogP contribution < -0.4 is 10.2 Å². The number of nitro groups is 1. The Bertz CT molecular complexity index is 444. The molecule has 1 aromatic carbocycles. The second kappa shape index (κ2) is 6.49. The summed E-state index contributed by atoms with van der Waals surface area (Å²) in [7, 11) is 1.42. The van der Waals surface area contributed by atoms with Crippen LogP contribution in [0.1, 0.15) is 31.2 Å². The molecule has 0 heterocycles. The molecule has 0 radical (unpaired) electrons. The van der Waals surface area contributed by atoms with Gasteiger partial charge in [0.25, 0.3) is 0 Å². The van der Waals surface area contributed by atoms with Crippen LogP contribution in [0.2, 0.25) is 0 Å². The molecule has 19 heavy (non-hydrogen) atoms. The number of hydroxylamine groups is 1. The Balaban J connectivity index is 1.92. The Morgan fingerprint density at radius 1 is 1.42 bits per heavy atom. The summed E-state index contributed by atoms with van der Waals surface area (Å²) in [6.07, 6.45) is 4.85. The van der Waals surface area contributed by atoms with Gasteiger partial charge in [-0.2, -0.15) is 5.48 Å². The summed E-state index contributed by atoms with van der Waals surface area (Å²) in [6, 6.07) is 4.89. The number of methoxy groups -OCH3 is 1. The van der Waals surface area contributed by atoms with Crippen molar-refractivity contribution in [1.82, 2.24) is 5.48 Å². The number of benzene rings is 1. The lowest BCUT2D eigenvalue weighted by Gasteiger charge is -2.11. The summed E-state index contributed by atoms with van der Waals surface area (Å²) in [6.45, 7) is 0.446. The maximum Gasteiger partial charge on any atom is 0.311 e. The van der Waals surface area contributed by atoms with Crippen LogP contribution in [0.4, 0.5) is 5.69 Å². The zero-order valence-corrected chi connectivity index (χ0v) is 10.9. The Kier molecular flexibility index (Phi) is 4.70. The average Bonchev–Trinajstić information content (AvgIpc) is 2.91. The molecule has 1 N–H and O–H groups in total. The lowest BCUT2D eigenvalue weighted by molar-refractivity contribution is -0.385. The van der Waals surface area contributed by atoms with Crippen molar-refractivity contribution in [1.29, 1.82) is 0 Å². The molecular weight excluding hydrogens is 248 g/mol. The number of nitrogens with one attached hydrogen (secondary N) is 1. The van der Waals surface area contributed by atoms with Crippen molar-refractivity contribution in [2.24, 2.45) is 0 Å². The third kappa shape index (κ3) is 3.65. The van der Waals surface area contributed by atoms with E-state index in [0.29, 0.717) is 6.54 Å². The first kappa shape index (κ1) is 13.8. The molecular formula is C13H18N2O4. The molecule has 0 spiro atoms. The Morgan fingerprint density at radius 2 is 2.16 bits per heavy atom. The minimum atomic E-state index is -0.444. The van der Waals surface area contributed by atoms with Crippen LogP contribution in [0.15, 0.2) is 18.2 Å². The summed E-state index contributed by atoms with van der Waals surface area (Å²) in [5, 5.41) is 10.9. The molecule has 0 saturated heterocycles. The SMILES string of the molecule is COc1ccc(CNOC2CCCC2)cc1[N+](=O)[O-]. The molecule has 1 saturated carbocycles. The van der Waals surface area contributed by atoms with Crippen molar-refractivity contribution in [3.63, 3.8) is 0 Å². The highest BCUT2D eigenvalue weighted by molar-refractivity contribution is 5.48. The summed E-state index contributed by atoms with van der Waals surface area (Å²) in [5.41, 5.74) is 3.66. The van der Waals surface area contributed by atoms with Crippen molar-refractivity contribution in [3.05, 3.63) is 33.9 Å².